The quantitative estimate of drug-likeness (QED) is 0.765. The van der Waals surface area contributed by atoms with Gasteiger partial charge in [0.15, 0.2) is 0 Å². The second-order valence-electron chi connectivity index (χ2n) is 4.43. The zero-order valence-electron chi connectivity index (χ0n) is 9.15. The van der Waals surface area contributed by atoms with Crippen LogP contribution in [-0.4, -0.2) is 5.91 Å². The fraction of sp³-hybridized carbons (Fsp3) is 0.308. The van der Waals surface area contributed by atoms with Gasteiger partial charge in [-0.2, -0.15) is 0 Å². The molecule has 1 amide bonds. The van der Waals surface area contributed by atoms with Crippen LogP contribution in [0.3, 0.4) is 0 Å². The van der Waals surface area contributed by atoms with Crippen LogP contribution in [0.1, 0.15) is 30.4 Å². The standard InChI is InChI=1S/C13H11Cl2NO/c14-8-5-7-1-3-11-9(2-4-12(17)16-11)13(7)10(15)6-8/h5-6H,1-4H2,(H,16,17). The molecule has 1 aliphatic heterocycles. The van der Waals surface area contributed by atoms with Crippen molar-refractivity contribution in [1.82, 2.24) is 5.32 Å². The monoisotopic (exact) mass is 267 g/mol. The molecule has 0 saturated carbocycles. The van der Waals surface area contributed by atoms with Crippen molar-refractivity contribution in [3.8, 4) is 0 Å². The van der Waals surface area contributed by atoms with Crippen LogP contribution in [0.4, 0.5) is 0 Å². The third-order valence-electron chi connectivity index (χ3n) is 3.34. The zero-order chi connectivity index (χ0) is 12.0. The maximum atomic E-state index is 11.4. The van der Waals surface area contributed by atoms with E-state index in [9.17, 15) is 4.79 Å². The molecule has 0 fully saturated rings. The van der Waals surface area contributed by atoms with Crippen LogP contribution in [0.25, 0.3) is 5.57 Å². The summed E-state index contributed by atoms with van der Waals surface area (Å²) in [5.41, 5.74) is 4.50. The van der Waals surface area contributed by atoms with Crippen LogP contribution in [0.5, 0.6) is 0 Å². The fourth-order valence-electron chi connectivity index (χ4n) is 2.61. The van der Waals surface area contributed by atoms with E-state index >= 15 is 0 Å². The van der Waals surface area contributed by atoms with Crippen molar-refractivity contribution in [3.05, 3.63) is 39.0 Å². The van der Waals surface area contributed by atoms with E-state index in [1.165, 1.54) is 11.1 Å². The van der Waals surface area contributed by atoms with Crippen LogP contribution in [0.15, 0.2) is 17.8 Å². The lowest BCUT2D eigenvalue weighted by Crippen LogP contribution is -2.29. The second-order valence-corrected chi connectivity index (χ2v) is 5.27. The molecule has 2 nitrogen and oxygen atoms in total. The van der Waals surface area contributed by atoms with Gasteiger partial charge in [-0.1, -0.05) is 23.2 Å². The molecule has 0 spiro atoms. The molecule has 1 aromatic carbocycles. The van der Waals surface area contributed by atoms with Crippen LogP contribution < -0.4 is 5.32 Å². The smallest absolute Gasteiger partial charge is 0.224 e. The number of hydrogen-bond acceptors (Lipinski definition) is 1. The third-order valence-corrected chi connectivity index (χ3v) is 3.86. The summed E-state index contributed by atoms with van der Waals surface area (Å²) in [6, 6.07) is 3.75. The SMILES string of the molecule is O=C1CCC2=C(CCc3cc(Cl)cc(Cl)c32)N1. The number of carbonyl (C=O) groups excluding carboxylic acids is 1. The first kappa shape index (κ1) is 11.1. The van der Waals surface area contributed by atoms with Gasteiger partial charge in [-0.3, -0.25) is 4.79 Å². The zero-order valence-corrected chi connectivity index (χ0v) is 10.7. The summed E-state index contributed by atoms with van der Waals surface area (Å²) in [4.78, 5) is 11.4. The van der Waals surface area contributed by atoms with Crippen molar-refractivity contribution in [2.24, 2.45) is 0 Å². The van der Waals surface area contributed by atoms with Gasteiger partial charge < -0.3 is 5.32 Å². The minimum atomic E-state index is 0.109. The van der Waals surface area contributed by atoms with Crippen molar-refractivity contribution in [2.45, 2.75) is 25.7 Å². The Balaban J connectivity index is 2.17. The number of nitrogens with one attached hydrogen (secondary N) is 1. The Kier molecular flexibility index (Phi) is 2.64. The molecule has 0 unspecified atom stereocenters. The number of carbonyl (C=O) groups is 1. The van der Waals surface area contributed by atoms with Crippen molar-refractivity contribution in [3.63, 3.8) is 0 Å². The fourth-order valence-corrected chi connectivity index (χ4v) is 3.26. The average Bonchev–Trinajstić information content (AvgIpc) is 2.28. The van der Waals surface area contributed by atoms with Gasteiger partial charge in [0.1, 0.15) is 0 Å². The Hall–Kier alpha value is -0.990. The molecule has 1 aliphatic carbocycles. The minimum absolute atomic E-state index is 0.109. The van der Waals surface area contributed by atoms with E-state index < -0.39 is 0 Å². The van der Waals surface area contributed by atoms with E-state index in [0.29, 0.717) is 16.5 Å². The van der Waals surface area contributed by atoms with Crippen molar-refractivity contribution < 1.29 is 4.79 Å². The van der Waals surface area contributed by atoms with Crippen LogP contribution >= 0.6 is 23.2 Å². The van der Waals surface area contributed by atoms with Crippen LogP contribution in [0, 0.1) is 0 Å². The number of halogens is 2. The number of allylic oxidation sites excluding steroid dienone is 2. The molecule has 4 heteroatoms. The molecule has 0 bridgehead atoms. The predicted molar refractivity (Wildman–Crippen MR) is 69.1 cm³/mol. The Morgan fingerprint density at radius 2 is 1.88 bits per heavy atom. The van der Waals surface area contributed by atoms with E-state index in [2.05, 4.69) is 5.32 Å². The Bertz CT molecular complexity index is 549. The largest absolute Gasteiger partial charge is 0.329 e. The van der Waals surface area contributed by atoms with Crippen molar-refractivity contribution in [1.29, 1.82) is 0 Å². The van der Waals surface area contributed by atoms with Gasteiger partial charge in [0.2, 0.25) is 5.91 Å². The van der Waals surface area contributed by atoms with Crippen molar-refractivity contribution >= 4 is 34.7 Å². The van der Waals surface area contributed by atoms with Gasteiger partial charge in [0.05, 0.1) is 0 Å². The van der Waals surface area contributed by atoms with Gasteiger partial charge in [-0.05, 0) is 42.5 Å². The molecular weight excluding hydrogens is 257 g/mol. The summed E-state index contributed by atoms with van der Waals surface area (Å²) in [6.07, 6.45) is 3.06. The lowest BCUT2D eigenvalue weighted by atomic mass is 9.84. The Morgan fingerprint density at radius 1 is 1.06 bits per heavy atom. The molecule has 88 valence electrons. The lowest BCUT2D eigenvalue weighted by Gasteiger charge is -2.28. The highest BCUT2D eigenvalue weighted by Gasteiger charge is 2.26. The van der Waals surface area contributed by atoms with Crippen molar-refractivity contribution in [2.75, 3.05) is 0 Å². The molecule has 1 aromatic rings. The number of rotatable bonds is 0. The number of benzene rings is 1. The molecule has 0 aromatic heterocycles. The highest BCUT2D eigenvalue weighted by atomic mass is 35.5. The summed E-state index contributed by atoms with van der Waals surface area (Å²) in [5.74, 6) is 0.109. The highest BCUT2D eigenvalue weighted by molar-refractivity contribution is 6.36. The summed E-state index contributed by atoms with van der Waals surface area (Å²) >= 11 is 12.3. The van der Waals surface area contributed by atoms with E-state index in [1.54, 1.807) is 6.07 Å². The first-order valence-electron chi connectivity index (χ1n) is 5.65. The van der Waals surface area contributed by atoms with E-state index in [0.717, 1.165) is 30.5 Å². The summed E-state index contributed by atoms with van der Waals surface area (Å²) in [7, 11) is 0. The van der Waals surface area contributed by atoms with Gasteiger partial charge in [-0.15, -0.1) is 0 Å². The number of aryl methyl sites for hydroxylation is 1. The van der Waals surface area contributed by atoms with Crippen LogP contribution in [-0.2, 0) is 11.2 Å². The van der Waals surface area contributed by atoms with Crippen LogP contribution in [0.2, 0.25) is 10.0 Å². The average molecular weight is 268 g/mol. The molecule has 17 heavy (non-hydrogen) atoms. The number of hydrogen-bond donors (Lipinski definition) is 1. The maximum Gasteiger partial charge on any atom is 0.224 e. The summed E-state index contributed by atoms with van der Waals surface area (Å²) in [6.45, 7) is 0. The topological polar surface area (TPSA) is 29.1 Å². The molecule has 1 heterocycles. The lowest BCUT2D eigenvalue weighted by molar-refractivity contribution is -0.120. The molecule has 3 rings (SSSR count). The molecule has 1 N–H and O–H groups in total. The van der Waals surface area contributed by atoms with Gasteiger partial charge >= 0.3 is 0 Å². The third kappa shape index (κ3) is 1.85. The molecule has 0 saturated heterocycles. The first-order valence-corrected chi connectivity index (χ1v) is 6.41. The van der Waals surface area contributed by atoms with Gasteiger partial charge in [0.25, 0.3) is 0 Å². The maximum absolute atomic E-state index is 11.4. The van der Waals surface area contributed by atoms with E-state index in [-0.39, 0.29) is 5.91 Å². The Labute approximate surface area is 110 Å². The summed E-state index contributed by atoms with van der Waals surface area (Å²) < 4.78 is 0. The Morgan fingerprint density at radius 3 is 2.71 bits per heavy atom. The van der Waals surface area contributed by atoms with Gasteiger partial charge in [0, 0.05) is 27.7 Å². The normalized spacial score (nSPS) is 18.6. The predicted octanol–water partition coefficient (Wildman–Crippen LogP) is 3.56. The van der Waals surface area contributed by atoms with E-state index in [1.807, 2.05) is 6.07 Å². The molecular formula is C13H11Cl2NO. The minimum Gasteiger partial charge on any atom is -0.329 e. The molecule has 0 radical (unpaired) electrons. The number of amides is 1. The summed E-state index contributed by atoms with van der Waals surface area (Å²) in [5, 5.41) is 4.32. The van der Waals surface area contributed by atoms with Gasteiger partial charge in [-0.25, -0.2) is 0 Å². The second kappa shape index (κ2) is 4.04. The molecule has 2 aliphatic rings. The highest BCUT2D eigenvalue weighted by Crippen LogP contribution is 2.40. The first-order chi connectivity index (χ1) is 8.15. The van der Waals surface area contributed by atoms with E-state index in [4.69, 9.17) is 23.2 Å². The molecule has 0 atom stereocenters. The number of fused-ring (bicyclic) bond motifs is 2.